The number of thiophene rings is 1. The topological polar surface area (TPSA) is 116 Å². The molecule has 29 heavy (non-hydrogen) atoms. The molecule has 0 spiro atoms. The summed E-state index contributed by atoms with van der Waals surface area (Å²) < 4.78 is 27.9. The minimum atomic E-state index is -3.80. The Labute approximate surface area is 174 Å². The number of nitrogens with one attached hydrogen (secondary N) is 1. The van der Waals surface area contributed by atoms with Gasteiger partial charge in [0.2, 0.25) is 10.0 Å². The van der Waals surface area contributed by atoms with Crippen molar-refractivity contribution < 1.29 is 22.7 Å². The summed E-state index contributed by atoms with van der Waals surface area (Å²) in [6.45, 7) is 3.67. The molecule has 0 saturated carbocycles. The maximum atomic E-state index is 12.5. The van der Waals surface area contributed by atoms with Crippen molar-refractivity contribution in [1.29, 1.82) is 0 Å². The number of aryl methyl sites for hydroxylation is 1. The predicted octanol–water partition coefficient (Wildman–Crippen LogP) is 3.09. The second-order valence-corrected chi connectivity index (χ2v) is 9.88. The Bertz CT molecular complexity index is 1010. The third-order valence-corrected chi connectivity index (χ3v) is 7.21. The molecule has 1 aliphatic carbocycles. The highest BCUT2D eigenvalue weighted by Gasteiger charge is 2.25. The summed E-state index contributed by atoms with van der Waals surface area (Å²) >= 11 is 1.44. The second-order valence-electron chi connectivity index (χ2n) is 7.18. The lowest BCUT2D eigenvalue weighted by Crippen LogP contribution is -2.29. The number of hydrogen-bond donors (Lipinski definition) is 2. The Kier molecular flexibility index (Phi) is 6.40. The number of hydrogen-bond acceptors (Lipinski definition) is 6. The summed E-state index contributed by atoms with van der Waals surface area (Å²) in [5.74, 6) is -0.356. The zero-order valence-electron chi connectivity index (χ0n) is 16.3. The molecule has 156 valence electrons. The molecule has 1 aromatic heterocycles. The fourth-order valence-electron chi connectivity index (χ4n) is 3.29. The molecule has 7 nitrogen and oxygen atoms in total. The van der Waals surface area contributed by atoms with Gasteiger partial charge >= 0.3 is 5.97 Å². The van der Waals surface area contributed by atoms with Gasteiger partial charge in [0.05, 0.1) is 4.90 Å². The number of ether oxygens (including phenoxy) is 1. The molecular weight excluding hydrogens is 412 g/mol. The molecule has 0 saturated heterocycles. The number of sulfonamides is 1. The van der Waals surface area contributed by atoms with E-state index in [1.165, 1.54) is 53.0 Å². The van der Waals surface area contributed by atoms with Crippen LogP contribution in [-0.4, -0.2) is 26.4 Å². The van der Waals surface area contributed by atoms with Crippen LogP contribution in [0.3, 0.4) is 0 Å². The Morgan fingerprint density at radius 1 is 1.31 bits per heavy atom. The molecule has 0 fully saturated rings. The highest BCUT2D eigenvalue weighted by molar-refractivity contribution is 7.89. The van der Waals surface area contributed by atoms with E-state index in [2.05, 4.69) is 12.2 Å². The molecule has 3 N–H and O–H groups in total. The molecule has 2 aromatic rings. The van der Waals surface area contributed by atoms with Crippen molar-refractivity contribution in [3.63, 3.8) is 0 Å². The highest BCUT2D eigenvalue weighted by Crippen LogP contribution is 2.34. The SMILES string of the molecule is CC[C@@H]1CCc2sc(C(=O)O[C@H](C)C(=O)Nc3ccc(S(N)(=O)=O)cc3)cc2C1. The number of esters is 1. The average Bonchev–Trinajstić information content (AvgIpc) is 3.11. The first-order valence-corrected chi connectivity index (χ1v) is 11.8. The van der Waals surface area contributed by atoms with Crippen LogP contribution in [0.25, 0.3) is 0 Å². The number of rotatable bonds is 6. The lowest BCUT2D eigenvalue weighted by Gasteiger charge is -2.19. The summed E-state index contributed by atoms with van der Waals surface area (Å²) in [5, 5.41) is 7.64. The van der Waals surface area contributed by atoms with Crippen molar-refractivity contribution in [2.45, 2.75) is 50.5 Å². The Morgan fingerprint density at radius 3 is 2.62 bits per heavy atom. The standard InChI is InChI=1S/C20H24N2O5S2/c1-3-13-4-9-17-14(10-13)11-18(28-17)20(24)27-12(2)19(23)22-15-5-7-16(8-6-15)29(21,25)26/h5-8,11-13H,3-4,9-10H2,1-2H3,(H,22,23)(H2,21,25,26)/t12-,13-/m1/s1. The average molecular weight is 437 g/mol. The molecular formula is C20H24N2O5S2. The Balaban J connectivity index is 1.60. The van der Waals surface area contributed by atoms with Gasteiger partial charge in [-0.25, -0.2) is 18.4 Å². The van der Waals surface area contributed by atoms with Gasteiger partial charge in [-0.15, -0.1) is 11.3 Å². The number of primary sulfonamides is 1. The summed E-state index contributed by atoms with van der Waals surface area (Å²) in [6.07, 6.45) is 3.24. The fourth-order valence-corrected chi connectivity index (χ4v) is 4.90. The van der Waals surface area contributed by atoms with Gasteiger partial charge in [-0.1, -0.05) is 13.3 Å². The molecule has 1 aromatic carbocycles. The molecule has 1 heterocycles. The highest BCUT2D eigenvalue weighted by atomic mass is 32.2. The number of nitrogens with two attached hydrogens (primary N) is 1. The van der Waals surface area contributed by atoms with E-state index in [4.69, 9.17) is 9.88 Å². The fraction of sp³-hybridized carbons (Fsp3) is 0.400. The van der Waals surface area contributed by atoms with Crippen molar-refractivity contribution in [2.24, 2.45) is 11.1 Å². The molecule has 0 radical (unpaired) electrons. The van der Waals surface area contributed by atoms with E-state index in [0.717, 1.165) is 25.7 Å². The van der Waals surface area contributed by atoms with Crippen LogP contribution in [-0.2, 0) is 32.4 Å². The number of benzene rings is 1. The molecule has 0 unspecified atom stereocenters. The van der Waals surface area contributed by atoms with Crippen LogP contribution in [0.2, 0.25) is 0 Å². The van der Waals surface area contributed by atoms with Gasteiger partial charge in [-0.2, -0.15) is 0 Å². The predicted molar refractivity (Wildman–Crippen MR) is 111 cm³/mol. The molecule has 1 amide bonds. The van der Waals surface area contributed by atoms with Gasteiger partial charge in [0.25, 0.3) is 5.91 Å². The van der Waals surface area contributed by atoms with Crippen molar-refractivity contribution >= 4 is 38.9 Å². The van der Waals surface area contributed by atoms with Crippen molar-refractivity contribution in [3.05, 3.63) is 45.6 Å². The molecule has 3 rings (SSSR count). The second kappa shape index (κ2) is 8.64. The maximum absolute atomic E-state index is 12.5. The number of fused-ring (bicyclic) bond motifs is 1. The zero-order chi connectivity index (χ0) is 21.2. The normalized spacial score (nSPS) is 17.3. The van der Waals surface area contributed by atoms with Crippen LogP contribution in [0.15, 0.2) is 35.2 Å². The number of carbonyl (C=O) groups is 2. The third kappa shape index (κ3) is 5.23. The van der Waals surface area contributed by atoms with E-state index in [1.807, 2.05) is 6.07 Å². The number of amides is 1. The minimum absolute atomic E-state index is 0.0538. The molecule has 0 aliphatic heterocycles. The van der Waals surface area contributed by atoms with Crippen molar-refractivity contribution in [2.75, 3.05) is 5.32 Å². The van der Waals surface area contributed by atoms with Crippen LogP contribution in [0.5, 0.6) is 0 Å². The third-order valence-electron chi connectivity index (χ3n) is 5.07. The minimum Gasteiger partial charge on any atom is -0.448 e. The molecule has 1 aliphatic rings. The van der Waals surface area contributed by atoms with E-state index >= 15 is 0 Å². The van der Waals surface area contributed by atoms with Crippen molar-refractivity contribution in [1.82, 2.24) is 0 Å². The van der Waals surface area contributed by atoms with Crippen LogP contribution in [0.4, 0.5) is 5.69 Å². The van der Waals surface area contributed by atoms with Gasteiger partial charge in [0, 0.05) is 10.6 Å². The smallest absolute Gasteiger partial charge is 0.349 e. The van der Waals surface area contributed by atoms with E-state index in [-0.39, 0.29) is 4.90 Å². The molecule has 0 bridgehead atoms. The Morgan fingerprint density at radius 2 is 2.00 bits per heavy atom. The summed E-state index contributed by atoms with van der Waals surface area (Å²) in [4.78, 5) is 26.5. The van der Waals surface area contributed by atoms with Crippen LogP contribution < -0.4 is 10.5 Å². The van der Waals surface area contributed by atoms with Gasteiger partial charge < -0.3 is 10.1 Å². The maximum Gasteiger partial charge on any atom is 0.349 e. The lowest BCUT2D eigenvalue weighted by molar-refractivity contribution is -0.123. The first kappa shape index (κ1) is 21.5. The number of anilines is 1. The Hall–Kier alpha value is -2.23. The van der Waals surface area contributed by atoms with Gasteiger partial charge in [-0.05, 0) is 68.0 Å². The van der Waals surface area contributed by atoms with Crippen LogP contribution in [0, 0.1) is 5.92 Å². The van der Waals surface area contributed by atoms with Crippen LogP contribution in [0.1, 0.15) is 46.8 Å². The first-order valence-electron chi connectivity index (χ1n) is 9.43. The molecule has 2 atom stereocenters. The van der Waals surface area contributed by atoms with Gasteiger partial charge in [-0.3, -0.25) is 4.79 Å². The zero-order valence-corrected chi connectivity index (χ0v) is 17.9. The summed E-state index contributed by atoms with van der Waals surface area (Å²) in [6, 6.07) is 7.32. The van der Waals surface area contributed by atoms with Gasteiger partial charge in [0.15, 0.2) is 6.10 Å². The lowest BCUT2D eigenvalue weighted by atomic mass is 9.87. The van der Waals surface area contributed by atoms with Gasteiger partial charge in [0.1, 0.15) is 4.88 Å². The van der Waals surface area contributed by atoms with Crippen LogP contribution >= 0.6 is 11.3 Å². The summed E-state index contributed by atoms with van der Waals surface area (Å²) in [5.41, 5.74) is 1.59. The van der Waals surface area contributed by atoms with E-state index in [9.17, 15) is 18.0 Å². The largest absolute Gasteiger partial charge is 0.448 e. The molecule has 9 heteroatoms. The summed E-state index contributed by atoms with van der Waals surface area (Å²) in [7, 11) is -3.80. The van der Waals surface area contributed by atoms with E-state index < -0.39 is 28.0 Å². The van der Waals surface area contributed by atoms with E-state index in [0.29, 0.717) is 16.5 Å². The van der Waals surface area contributed by atoms with Crippen molar-refractivity contribution in [3.8, 4) is 0 Å². The first-order chi connectivity index (χ1) is 13.7. The quantitative estimate of drug-likeness (QED) is 0.675. The van der Waals surface area contributed by atoms with E-state index in [1.54, 1.807) is 0 Å². The number of carbonyl (C=O) groups excluding carboxylic acids is 2. The monoisotopic (exact) mass is 436 g/mol.